The van der Waals surface area contributed by atoms with Gasteiger partial charge in [0.2, 0.25) is 0 Å². The molecular formula is C11H13BrN2. The number of hydrogen-bond acceptors (Lipinski definition) is 1. The first kappa shape index (κ1) is 9.71. The first-order chi connectivity index (χ1) is 6.59. The predicted octanol–water partition coefficient (Wildman–Crippen LogP) is 3.53. The average Bonchev–Trinajstić information content (AvgIpc) is 2.42. The standard InChI is InChI=1S/C11H13BrN2/c1-7(2)9-4-5-14-8(3)13-11(12)10(14)6-9/h4-7H,1-3H3. The third kappa shape index (κ3) is 1.46. The SMILES string of the molecule is Cc1nc(Br)c2cc(C(C)C)ccn12. The molecule has 0 unspecified atom stereocenters. The Morgan fingerprint density at radius 2 is 2.14 bits per heavy atom. The molecule has 3 heteroatoms. The fourth-order valence-electron chi connectivity index (χ4n) is 1.57. The number of pyridine rings is 1. The molecule has 14 heavy (non-hydrogen) atoms. The van der Waals surface area contributed by atoms with Gasteiger partial charge in [0.25, 0.3) is 0 Å². The second kappa shape index (κ2) is 3.39. The number of fused-ring (bicyclic) bond motifs is 1. The molecule has 0 N–H and O–H groups in total. The molecule has 0 aliphatic heterocycles. The van der Waals surface area contributed by atoms with E-state index in [4.69, 9.17) is 0 Å². The van der Waals surface area contributed by atoms with Crippen LogP contribution < -0.4 is 0 Å². The maximum Gasteiger partial charge on any atom is 0.132 e. The maximum absolute atomic E-state index is 4.37. The molecule has 74 valence electrons. The molecule has 0 saturated carbocycles. The number of hydrogen-bond donors (Lipinski definition) is 0. The zero-order chi connectivity index (χ0) is 10.3. The van der Waals surface area contributed by atoms with Gasteiger partial charge < -0.3 is 4.40 Å². The molecule has 0 bridgehead atoms. The highest BCUT2D eigenvalue weighted by Gasteiger charge is 2.07. The lowest BCUT2D eigenvalue weighted by molar-refractivity contribution is 0.862. The van der Waals surface area contributed by atoms with E-state index in [0.717, 1.165) is 15.9 Å². The Kier molecular flexibility index (Phi) is 2.35. The first-order valence-electron chi connectivity index (χ1n) is 4.73. The molecule has 0 aliphatic carbocycles. The van der Waals surface area contributed by atoms with E-state index in [1.165, 1.54) is 5.56 Å². The van der Waals surface area contributed by atoms with E-state index in [-0.39, 0.29) is 0 Å². The molecule has 2 aromatic rings. The van der Waals surface area contributed by atoms with Crippen molar-refractivity contribution in [1.29, 1.82) is 0 Å². The highest BCUT2D eigenvalue weighted by atomic mass is 79.9. The average molecular weight is 253 g/mol. The van der Waals surface area contributed by atoms with Crippen LogP contribution in [0, 0.1) is 6.92 Å². The first-order valence-corrected chi connectivity index (χ1v) is 5.53. The number of aromatic nitrogens is 2. The van der Waals surface area contributed by atoms with Crippen molar-refractivity contribution in [1.82, 2.24) is 9.38 Å². The highest BCUT2D eigenvalue weighted by molar-refractivity contribution is 9.10. The van der Waals surface area contributed by atoms with Gasteiger partial charge in [-0.15, -0.1) is 0 Å². The highest BCUT2D eigenvalue weighted by Crippen LogP contribution is 2.22. The van der Waals surface area contributed by atoms with E-state index < -0.39 is 0 Å². The van der Waals surface area contributed by atoms with Gasteiger partial charge in [0, 0.05) is 6.20 Å². The predicted molar refractivity (Wildman–Crippen MR) is 61.7 cm³/mol. The third-order valence-electron chi connectivity index (χ3n) is 2.47. The van der Waals surface area contributed by atoms with Crippen LogP contribution in [0.4, 0.5) is 0 Å². The van der Waals surface area contributed by atoms with E-state index in [9.17, 15) is 0 Å². The number of aryl methyl sites for hydroxylation is 1. The Balaban J connectivity index is 2.71. The molecule has 2 rings (SSSR count). The quantitative estimate of drug-likeness (QED) is 0.759. The van der Waals surface area contributed by atoms with Gasteiger partial charge >= 0.3 is 0 Å². The molecule has 2 heterocycles. The van der Waals surface area contributed by atoms with Crippen molar-refractivity contribution in [2.75, 3.05) is 0 Å². The van der Waals surface area contributed by atoms with Crippen molar-refractivity contribution in [3.63, 3.8) is 0 Å². The number of imidazole rings is 1. The molecule has 0 saturated heterocycles. The Labute approximate surface area is 92.1 Å². The molecule has 0 aromatic carbocycles. The summed E-state index contributed by atoms with van der Waals surface area (Å²) >= 11 is 3.47. The van der Waals surface area contributed by atoms with Gasteiger partial charge in [0.1, 0.15) is 10.4 Å². The van der Waals surface area contributed by atoms with Crippen molar-refractivity contribution in [3.8, 4) is 0 Å². The smallest absolute Gasteiger partial charge is 0.132 e. The van der Waals surface area contributed by atoms with Gasteiger partial charge in [-0.25, -0.2) is 4.98 Å². The van der Waals surface area contributed by atoms with E-state index in [2.05, 4.69) is 57.5 Å². The van der Waals surface area contributed by atoms with Crippen LogP contribution in [0.1, 0.15) is 31.2 Å². The Morgan fingerprint density at radius 3 is 2.79 bits per heavy atom. The number of halogens is 1. The van der Waals surface area contributed by atoms with Gasteiger partial charge in [0.15, 0.2) is 0 Å². The molecule has 0 radical (unpaired) electrons. The van der Waals surface area contributed by atoms with Crippen molar-refractivity contribution >= 4 is 21.4 Å². The largest absolute Gasteiger partial charge is 0.303 e. The van der Waals surface area contributed by atoms with Crippen LogP contribution in [0.15, 0.2) is 22.9 Å². The van der Waals surface area contributed by atoms with Crippen LogP contribution in [0.25, 0.3) is 5.52 Å². The molecule has 0 fully saturated rings. The second-order valence-corrected chi connectivity index (χ2v) is 4.57. The summed E-state index contributed by atoms with van der Waals surface area (Å²) < 4.78 is 3.02. The number of nitrogens with zero attached hydrogens (tertiary/aromatic N) is 2. The van der Waals surface area contributed by atoms with Crippen LogP contribution >= 0.6 is 15.9 Å². The van der Waals surface area contributed by atoms with Crippen molar-refractivity contribution in [3.05, 3.63) is 34.3 Å². The minimum absolute atomic E-state index is 0.558. The summed E-state index contributed by atoms with van der Waals surface area (Å²) in [5.74, 6) is 1.57. The molecule has 2 nitrogen and oxygen atoms in total. The molecule has 0 aliphatic rings. The summed E-state index contributed by atoms with van der Waals surface area (Å²) in [6.07, 6.45) is 2.08. The second-order valence-electron chi connectivity index (χ2n) is 3.82. The van der Waals surface area contributed by atoms with Gasteiger partial charge in [0.05, 0.1) is 5.52 Å². The third-order valence-corrected chi connectivity index (χ3v) is 3.05. The van der Waals surface area contributed by atoms with Gasteiger partial charge in [-0.3, -0.25) is 0 Å². The molecule has 0 spiro atoms. The van der Waals surface area contributed by atoms with Gasteiger partial charge in [-0.1, -0.05) is 13.8 Å². The van der Waals surface area contributed by atoms with E-state index >= 15 is 0 Å². The van der Waals surface area contributed by atoms with Crippen LogP contribution in [-0.4, -0.2) is 9.38 Å². The van der Waals surface area contributed by atoms with Crippen LogP contribution in [0.2, 0.25) is 0 Å². The van der Waals surface area contributed by atoms with Crippen molar-refractivity contribution in [2.45, 2.75) is 26.7 Å². The zero-order valence-electron chi connectivity index (χ0n) is 8.58. The van der Waals surface area contributed by atoms with Gasteiger partial charge in [-0.05, 0) is 46.5 Å². The summed E-state index contributed by atoms with van der Waals surface area (Å²) in [6.45, 7) is 6.40. The maximum atomic E-state index is 4.37. The lowest BCUT2D eigenvalue weighted by Crippen LogP contribution is -1.91. The fourth-order valence-corrected chi connectivity index (χ4v) is 2.13. The Morgan fingerprint density at radius 1 is 1.43 bits per heavy atom. The van der Waals surface area contributed by atoms with Crippen LogP contribution in [-0.2, 0) is 0 Å². The Hall–Kier alpha value is -0.830. The lowest BCUT2D eigenvalue weighted by Gasteiger charge is -2.05. The summed E-state index contributed by atoms with van der Waals surface area (Å²) in [6, 6.07) is 4.34. The van der Waals surface area contributed by atoms with E-state index in [0.29, 0.717) is 5.92 Å². The molecule has 0 amide bonds. The normalized spacial score (nSPS) is 11.5. The molecule has 2 aromatic heterocycles. The summed E-state index contributed by atoms with van der Waals surface area (Å²) in [7, 11) is 0. The topological polar surface area (TPSA) is 17.3 Å². The monoisotopic (exact) mass is 252 g/mol. The van der Waals surface area contributed by atoms with Gasteiger partial charge in [-0.2, -0.15) is 0 Å². The number of rotatable bonds is 1. The lowest BCUT2D eigenvalue weighted by atomic mass is 10.1. The summed E-state index contributed by atoms with van der Waals surface area (Å²) in [5, 5.41) is 0. The molecule has 0 atom stereocenters. The summed E-state index contributed by atoms with van der Waals surface area (Å²) in [4.78, 5) is 4.37. The minimum Gasteiger partial charge on any atom is -0.303 e. The fraction of sp³-hybridized carbons (Fsp3) is 0.364. The Bertz CT molecular complexity index is 471. The van der Waals surface area contributed by atoms with Crippen molar-refractivity contribution < 1.29 is 0 Å². The minimum atomic E-state index is 0.558. The van der Waals surface area contributed by atoms with Crippen LogP contribution in [0.3, 0.4) is 0 Å². The van der Waals surface area contributed by atoms with E-state index in [1.807, 2.05) is 6.92 Å². The van der Waals surface area contributed by atoms with E-state index in [1.54, 1.807) is 0 Å². The van der Waals surface area contributed by atoms with Crippen LogP contribution in [0.5, 0.6) is 0 Å². The molecular weight excluding hydrogens is 240 g/mol. The summed E-state index contributed by atoms with van der Waals surface area (Å²) in [5.41, 5.74) is 2.49. The van der Waals surface area contributed by atoms with Crippen molar-refractivity contribution in [2.24, 2.45) is 0 Å². The zero-order valence-corrected chi connectivity index (χ0v) is 10.2.